The molecule has 0 amide bonds. The van der Waals surface area contributed by atoms with Gasteiger partial charge < -0.3 is 5.11 Å². The van der Waals surface area contributed by atoms with Crippen molar-refractivity contribution in [1.82, 2.24) is 0 Å². The molecular weight excluding hydrogens is 152 g/mol. The molecule has 1 N–H and O–H groups in total. The second-order valence-electron chi connectivity index (χ2n) is 2.96. The van der Waals surface area contributed by atoms with Gasteiger partial charge in [-0.05, 0) is 24.7 Å². The fourth-order valence-electron chi connectivity index (χ4n) is 1.17. The lowest BCUT2D eigenvalue weighted by Gasteiger charge is -2.06. The van der Waals surface area contributed by atoms with E-state index in [-0.39, 0.29) is 17.8 Å². The smallest absolute Gasteiger partial charge is 0.140 e. The fraction of sp³-hybridized carbons (Fsp3) is 1.00. The lowest BCUT2D eigenvalue weighted by molar-refractivity contribution is 0.257. The van der Waals surface area contributed by atoms with Gasteiger partial charge in [0.05, 0.1) is 5.75 Å². The zero-order valence-electron chi connectivity index (χ0n) is 5.75. The molecule has 0 spiro atoms. The van der Waals surface area contributed by atoms with E-state index in [2.05, 4.69) is 0 Å². The third-order valence-electron chi connectivity index (χ3n) is 2.06. The molecule has 0 aromatic heterocycles. The Morgan fingerprint density at radius 2 is 2.00 bits per heavy atom. The summed E-state index contributed by atoms with van der Waals surface area (Å²) >= 11 is 0. The summed E-state index contributed by atoms with van der Waals surface area (Å²) < 4.78 is 20.6. The van der Waals surface area contributed by atoms with E-state index in [0.717, 1.165) is 12.8 Å². The van der Waals surface area contributed by atoms with Gasteiger partial charge in [0.25, 0.3) is 0 Å². The van der Waals surface area contributed by atoms with Gasteiger partial charge in [-0.3, -0.25) is 0 Å². The molecule has 10 heavy (non-hydrogen) atoms. The van der Waals surface area contributed by atoms with E-state index < -0.39 is 10.7 Å². The van der Waals surface area contributed by atoms with Gasteiger partial charge in [0.1, 0.15) is 10.7 Å². The maximum atomic E-state index is 10.3. The number of hydrogen-bond acceptors (Lipinski definition) is 3. The zero-order chi connectivity index (χ0) is 7.61. The molecule has 0 radical (unpaired) electrons. The Balaban J connectivity index is 2.37. The van der Waals surface area contributed by atoms with E-state index in [0.29, 0.717) is 6.42 Å². The standard InChI is InChI=1S/C6H12O3S/c7-4-3-6(1-2-6)5-10(8)9/h7,10H,1-5H2. The first-order chi connectivity index (χ1) is 4.68. The van der Waals surface area contributed by atoms with Gasteiger partial charge in [0, 0.05) is 6.61 Å². The van der Waals surface area contributed by atoms with Crippen LogP contribution in [0, 0.1) is 5.41 Å². The van der Waals surface area contributed by atoms with E-state index in [9.17, 15) is 8.42 Å². The molecular formula is C6H12O3S. The van der Waals surface area contributed by atoms with Crippen molar-refractivity contribution in [1.29, 1.82) is 0 Å². The van der Waals surface area contributed by atoms with Crippen molar-refractivity contribution in [3.8, 4) is 0 Å². The van der Waals surface area contributed by atoms with Gasteiger partial charge in [-0.2, -0.15) is 0 Å². The summed E-state index contributed by atoms with van der Waals surface area (Å²) in [5.74, 6) is 0.267. The lowest BCUT2D eigenvalue weighted by atomic mass is 10.1. The van der Waals surface area contributed by atoms with Crippen molar-refractivity contribution in [3.05, 3.63) is 0 Å². The Labute approximate surface area is 62.0 Å². The molecule has 0 heterocycles. The monoisotopic (exact) mass is 164 g/mol. The summed E-state index contributed by atoms with van der Waals surface area (Å²) in [6.07, 6.45) is 2.59. The van der Waals surface area contributed by atoms with Gasteiger partial charge in [-0.15, -0.1) is 0 Å². The van der Waals surface area contributed by atoms with Crippen LogP contribution < -0.4 is 0 Å². The minimum atomic E-state index is -2.25. The quantitative estimate of drug-likeness (QED) is 0.564. The topological polar surface area (TPSA) is 54.4 Å². The largest absolute Gasteiger partial charge is 0.396 e. The molecule has 0 bridgehead atoms. The molecule has 0 aliphatic heterocycles. The van der Waals surface area contributed by atoms with Crippen LogP contribution in [-0.4, -0.2) is 25.9 Å². The van der Waals surface area contributed by atoms with Crippen molar-refractivity contribution < 1.29 is 13.5 Å². The maximum Gasteiger partial charge on any atom is 0.140 e. The van der Waals surface area contributed by atoms with Crippen LogP contribution in [0.15, 0.2) is 0 Å². The first-order valence-corrected chi connectivity index (χ1v) is 4.77. The lowest BCUT2D eigenvalue weighted by Crippen LogP contribution is -2.09. The molecule has 0 saturated heterocycles. The van der Waals surface area contributed by atoms with Crippen molar-refractivity contribution >= 4 is 10.7 Å². The van der Waals surface area contributed by atoms with Gasteiger partial charge in [0.2, 0.25) is 0 Å². The van der Waals surface area contributed by atoms with E-state index in [1.807, 2.05) is 0 Å². The first kappa shape index (κ1) is 8.01. The van der Waals surface area contributed by atoms with Crippen LogP contribution in [0.4, 0.5) is 0 Å². The van der Waals surface area contributed by atoms with Gasteiger partial charge >= 0.3 is 0 Å². The zero-order valence-corrected chi connectivity index (χ0v) is 6.64. The Kier molecular flexibility index (Phi) is 2.31. The Hall–Kier alpha value is -0.0900. The number of aliphatic hydroxyl groups is 1. The Morgan fingerprint density at radius 3 is 2.30 bits per heavy atom. The second kappa shape index (κ2) is 2.88. The molecule has 1 rings (SSSR count). The minimum Gasteiger partial charge on any atom is -0.396 e. The third kappa shape index (κ3) is 1.95. The summed E-state index contributed by atoms with van der Waals surface area (Å²) in [7, 11) is -2.25. The van der Waals surface area contributed by atoms with Crippen LogP contribution in [0.25, 0.3) is 0 Å². The first-order valence-electron chi connectivity index (χ1n) is 3.41. The molecule has 1 aliphatic rings. The molecule has 4 heteroatoms. The summed E-state index contributed by atoms with van der Waals surface area (Å²) in [5.41, 5.74) is -0.0239. The van der Waals surface area contributed by atoms with E-state index in [1.54, 1.807) is 0 Å². The van der Waals surface area contributed by atoms with Crippen LogP contribution in [-0.2, 0) is 10.7 Å². The van der Waals surface area contributed by atoms with E-state index in [1.165, 1.54) is 0 Å². The third-order valence-corrected chi connectivity index (χ3v) is 2.99. The van der Waals surface area contributed by atoms with Crippen molar-refractivity contribution in [2.45, 2.75) is 19.3 Å². The predicted octanol–water partition coefficient (Wildman–Crippen LogP) is -0.240. The highest BCUT2D eigenvalue weighted by molar-refractivity contribution is 7.72. The van der Waals surface area contributed by atoms with Gasteiger partial charge in [0.15, 0.2) is 0 Å². The summed E-state index contributed by atoms with van der Waals surface area (Å²) in [5, 5.41) is 8.56. The van der Waals surface area contributed by atoms with Crippen LogP contribution in [0.2, 0.25) is 0 Å². The Morgan fingerprint density at radius 1 is 1.40 bits per heavy atom. The van der Waals surface area contributed by atoms with Gasteiger partial charge in [-0.1, -0.05) is 0 Å². The highest BCUT2D eigenvalue weighted by atomic mass is 32.2. The molecule has 0 aromatic carbocycles. The number of hydrogen-bond donors (Lipinski definition) is 2. The number of aliphatic hydroxyl groups excluding tert-OH is 1. The molecule has 1 aliphatic carbocycles. The normalized spacial score (nSPS) is 21.4. The van der Waals surface area contributed by atoms with Crippen LogP contribution in [0.1, 0.15) is 19.3 Å². The molecule has 60 valence electrons. The predicted molar refractivity (Wildman–Crippen MR) is 38.6 cm³/mol. The molecule has 1 saturated carbocycles. The van der Waals surface area contributed by atoms with Crippen LogP contribution in [0.5, 0.6) is 0 Å². The SMILES string of the molecule is O=[SH](=O)CC1(CCO)CC1. The molecule has 0 unspecified atom stereocenters. The Bertz CT molecular complexity index is 173. The van der Waals surface area contributed by atoms with Crippen molar-refractivity contribution in [3.63, 3.8) is 0 Å². The summed E-state index contributed by atoms with van der Waals surface area (Å²) in [6.45, 7) is 0.114. The van der Waals surface area contributed by atoms with Gasteiger partial charge in [-0.25, -0.2) is 8.42 Å². The number of rotatable bonds is 4. The number of thiol groups is 1. The van der Waals surface area contributed by atoms with E-state index >= 15 is 0 Å². The van der Waals surface area contributed by atoms with Crippen LogP contribution >= 0.6 is 0 Å². The second-order valence-corrected chi connectivity index (χ2v) is 3.95. The molecule has 0 aromatic rings. The average Bonchev–Trinajstić information content (AvgIpc) is 2.47. The molecule has 3 nitrogen and oxygen atoms in total. The van der Waals surface area contributed by atoms with Crippen LogP contribution in [0.3, 0.4) is 0 Å². The summed E-state index contributed by atoms with van der Waals surface area (Å²) in [4.78, 5) is 0. The molecule has 1 fully saturated rings. The fourth-order valence-corrected chi connectivity index (χ4v) is 2.20. The van der Waals surface area contributed by atoms with Crippen molar-refractivity contribution in [2.75, 3.05) is 12.4 Å². The van der Waals surface area contributed by atoms with Crippen molar-refractivity contribution in [2.24, 2.45) is 5.41 Å². The average molecular weight is 164 g/mol. The summed E-state index contributed by atoms with van der Waals surface area (Å²) in [6, 6.07) is 0. The highest BCUT2D eigenvalue weighted by Gasteiger charge is 2.42. The highest BCUT2D eigenvalue weighted by Crippen LogP contribution is 2.48. The minimum absolute atomic E-state index is 0.0239. The molecule has 0 atom stereocenters. The van der Waals surface area contributed by atoms with E-state index in [4.69, 9.17) is 5.11 Å². The maximum absolute atomic E-state index is 10.3.